The first-order valence-electron chi connectivity index (χ1n) is 4.94. The summed E-state index contributed by atoms with van der Waals surface area (Å²) in [7, 11) is 0. The molecule has 0 radical (unpaired) electrons. The van der Waals surface area contributed by atoms with E-state index >= 15 is 0 Å². The van der Waals surface area contributed by atoms with Crippen LogP contribution in [0.25, 0.3) is 11.1 Å². The third-order valence-corrected chi connectivity index (χ3v) is 1.78. The molecule has 1 aromatic heterocycles. The molecule has 1 heterocycles. The van der Waals surface area contributed by atoms with E-state index < -0.39 is 0 Å². The fourth-order valence-electron chi connectivity index (χ4n) is 1.16. The van der Waals surface area contributed by atoms with E-state index in [1.54, 1.807) is 36.7 Å². The van der Waals surface area contributed by atoms with Gasteiger partial charge in [-0.3, -0.25) is 4.98 Å². The number of rotatable bonds is 1. The van der Waals surface area contributed by atoms with Crippen molar-refractivity contribution in [3.8, 4) is 11.1 Å². The van der Waals surface area contributed by atoms with Crippen LogP contribution in [0.15, 0.2) is 42.7 Å². The molecule has 0 saturated carbocycles. The summed E-state index contributed by atoms with van der Waals surface area (Å²) in [4.78, 5) is 3.92. The Hall–Kier alpha value is -1.01. The number of nitrogens with zero attached hydrogens (tertiary/aromatic N) is 1. The van der Waals surface area contributed by atoms with Crippen LogP contribution >= 0.6 is 0 Å². The fourth-order valence-corrected chi connectivity index (χ4v) is 1.16. The number of hydrogen-bond acceptors (Lipinski definition) is 1. The zero-order valence-electron chi connectivity index (χ0n) is 10.3. The van der Waals surface area contributed by atoms with Gasteiger partial charge in [-0.05, 0) is 6.07 Å². The van der Waals surface area contributed by atoms with Gasteiger partial charge in [0.2, 0.25) is 0 Å². The smallest absolute Gasteiger partial charge is 0.358 e. The number of hydrogen-bond donors (Lipinski definition) is 0. The maximum Gasteiger partial charge on any atom is 2.00 e. The molecular formula is C14H16FNW. The van der Waals surface area contributed by atoms with Crippen LogP contribution in [0.3, 0.4) is 0 Å². The molecule has 0 unspecified atom stereocenters. The number of benzene rings is 1. The first-order chi connectivity index (χ1) is 7.38. The molecule has 0 atom stereocenters. The average Bonchev–Trinajstić information content (AvgIpc) is 2.33. The standard InChI is InChI=1S/C11H7FN.C2H6.CH3.W/c12-11-6-2-1-5-10(11)9-4-3-7-13-8-9;1-2;;/h1-5,7-8H;1-2H3;1H3;/q-1;;-1;+2. The van der Waals surface area contributed by atoms with Gasteiger partial charge in [-0.2, -0.15) is 18.2 Å². The quantitative estimate of drug-likeness (QED) is 0.655. The Morgan fingerprint density at radius 3 is 2.41 bits per heavy atom. The molecule has 0 amide bonds. The van der Waals surface area contributed by atoms with Gasteiger partial charge >= 0.3 is 21.1 Å². The first kappa shape index (κ1) is 18.4. The van der Waals surface area contributed by atoms with Crippen molar-refractivity contribution >= 4 is 0 Å². The minimum atomic E-state index is -0.337. The molecule has 17 heavy (non-hydrogen) atoms. The molecule has 0 saturated heterocycles. The molecule has 0 fully saturated rings. The van der Waals surface area contributed by atoms with E-state index in [0.29, 0.717) is 5.56 Å². The van der Waals surface area contributed by atoms with Crippen LogP contribution in [0.5, 0.6) is 0 Å². The van der Waals surface area contributed by atoms with E-state index in [1.807, 2.05) is 19.9 Å². The molecule has 1 aromatic carbocycles. The molecule has 0 bridgehead atoms. The number of pyridine rings is 1. The Morgan fingerprint density at radius 2 is 1.88 bits per heavy atom. The summed E-state index contributed by atoms with van der Waals surface area (Å²) in [6.45, 7) is 4.00. The van der Waals surface area contributed by atoms with Crippen LogP contribution in [-0.2, 0) is 21.1 Å². The number of aromatic nitrogens is 1. The van der Waals surface area contributed by atoms with Crippen LogP contribution in [0.4, 0.5) is 4.39 Å². The predicted molar refractivity (Wildman–Crippen MR) is 66.2 cm³/mol. The van der Waals surface area contributed by atoms with Crippen LogP contribution < -0.4 is 0 Å². The summed E-state index contributed by atoms with van der Waals surface area (Å²) >= 11 is 0. The van der Waals surface area contributed by atoms with Crippen LogP contribution in [0, 0.1) is 19.3 Å². The average molecular weight is 401 g/mol. The van der Waals surface area contributed by atoms with Crippen LogP contribution in [0.1, 0.15) is 13.8 Å². The third-order valence-electron chi connectivity index (χ3n) is 1.78. The van der Waals surface area contributed by atoms with Crippen molar-refractivity contribution in [2.45, 2.75) is 13.8 Å². The number of halogens is 1. The summed E-state index contributed by atoms with van der Waals surface area (Å²) < 4.78 is 13.2. The summed E-state index contributed by atoms with van der Waals surface area (Å²) in [6.07, 6.45) is 3.29. The third kappa shape index (κ3) is 5.23. The minimum absolute atomic E-state index is 0. The summed E-state index contributed by atoms with van der Waals surface area (Å²) in [6, 6.07) is 11.1. The molecule has 2 aromatic rings. The van der Waals surface area contributed by atoms with Crippen molar-refractivity contribution < 1.29 is 25.5 Å². The van der Waals surface area contributed by atoms with Gasteiger partial charge in [-0.15, -0.1) is 6.07 Å². The Labute approximate surface area is 117 Å². The molecule has 0 aliphatic heterocycles. The summed E-state index contributed by atoms with van der Waals surface area (Å²) in [5, 5.41) is 0. The maximum absolute atomic E-state index is 13.2. The largest absolute Gasteiger partial charge is 2.00 e. The van der Waals surface area contributed by atoms with Gasteiger partial charge in [-0.25, -0.2) is 4.39 Å². The molecule has 3 heteroatoms. The second-order valence-corrected chi connectivity index (χ2v) is 2.64. The Morgan fingerprint density at radius 1 is 1.18 bits per heavy atom. The topological polar surface area (TPSA) is 12.9 Å². The molecule has 90 valence electrons. The first-order valence-corrected chi connectivity index (χ1v) is 4.94. The monoisotopic (exact) mass is 401 g/mol. The maximum atomic E-state index is 13.2. The van der Waals surface area contributed by atoms with Gasteiger partial charge in [0.25, 0.3) is 0 Å². The molecule has 0 aliphatic carbocycles. The Balaban J connectivity index is 0. The summed E-state index contributed by atoms with van der Waals surface area (Å²) in [5.74, 6) is -0.337. The zero-order valence-corrected chi connectivity index (χ0v) is 13.2. The van der Waals surface area contributed by atoms with Crippen molar-refractivity contribution in [1.82, 2.24) is 4.98 Å². The van der Waals surface area contributed by atoms with Gasteiger partial charge in [0.15, 0.2) is 0 Å². The summed E-state index contributed by atoms with van der Waals surface area (Å²) in [5.41, 5.74) is 1.31. The van der Waals surface area contributed by atoms with E-state index in [9.17, 15) is 4.39 Å². The fraction of sp³-hybridized carbons (Fsp3) is 0.143. The molecule has 0 aliphatic rings. The van der Waals surface area contributed by atoms with E-state index in [-0.39, 0.29) is 34.3 Å². The Kier molecular flexibility index (Phi) is 11.0. The van der Waals surface area contributed by atoms with Crippen molar-refractivity contribution in [3.63, 3.8) is 0 Å². The van der Waals surface area contributed by atoms with Gasteiger partial charge in [0, 0.05) is 18.2 Å². The molecule has 2 rings (SSSR count). The predicted octanol–water partition coefficient (Wildman–Crippen LogP) is 4.16. The van der Waals surface area contributed by atoms with Crippen molar-refractivity contribution in [3.05, 3.63) is 62.0 Å². The van der Waals surface area contributed by atoms with E-state index in [2.05, 4.69) is 11.1 Å². The van der Waals surface area contributed by atoms with E-state index in [4.69, 9.17) is 0 Å². The van der Waals surface area contributed by atoms with Crippen molar-refractivity contribution in [2.24, 2.45) is 0 Å². The van der Waals surface area contributed by atoms with Crippen molar-refractivity contribution in [1.29, 1.82) is 0 Å². The molecular weight excluding hydrogens is 385 g/mol. The van der Waals surface area contributed by atoms with Crippen LogP contribution in [0.2, 0.25) is 0 Å². The molecule has 1 nitrogen and oxygen atoms in total. The second-order valence-electron chi connectivity index (χ2n) is 2.64. The van der Waals surface area contributed by atoms with Gasteiger partial charge < -0.3 is 7.43 Å². The Bertz CT molecular complexity index is 404. The van der Waals surface area contributed by atoms with Crippen LogP contribution in [-0.4, -0.2) is 4.98 Å². The second kappa shape index (κ2) is 10.2. The zero-order chi connectivity index (χ0) is 11.1. The minimum Gasteiger partial charge on any atom is -0.358 e. The molecule has 0 spiro atoms. The SMILES string of the molecule is CC.Fc1[c-]cccc1-c1cccnc1.[CH3-].[W+2]. The van der Waals surface area contributed by atoms with Gasteiger partial charge in [0.05, 0.1) is 0 Å². The van der Waals surface area contributed by atoms with Crippen molar-refractivity contribution in [2.75, 3.05) is 0 Å². The normalized spacial score (nSPS) is 7.94. The van der Waals surface area contributed by atoms with E-state index in [1.165, 1.54) is 0 Å². The van der Waals surface area contributed by atoms with Gasteiger partial charge in [0.1, 0.15) is 0 Å². The van der Waals surface area contributed by atoms with E-state index in [0.717, 1.165) is 5.56 Å². The van der Waals surface area contributed by atoms with Gasteiger partial charge in [-0.1, -0.05) is 31.0 Å². The molecule has 0 N–H and O–H groups in total.